The van der Waals surface area contributed by atoms with Crippen molar-refractivity contribution in [1.82, 2.24) is 10.3 Å². The SMILES string of the molecule is NCCNC1CCCC1Cc1cccc(N)n1. The number of nitrogens with two attached hydrogens (primary N) is 2. The maximum Gasteiger partial charge on any atom is 0.123 e. The number of aromatic nitrogens is 1. The highest BCUT2D eigenvalue weighted by atomic mass is 14.9. The minimum Gasteiger partial charge on any atom is -0.384 e. The maximum atomic E-state index is 5.70. The fourth-order valence-corrected chi connectivity index (χ4v) is 2.70. The van der Waals surface area contributed by atoms with Gasteiger partial charge in [-0.15, -0.1) is 0 Å². The highest BCUT2D eigenvalue weighted by Gasteiger charge is 2.26. The monoisotopic (exact) mass is 234 g/mol. The molecule has 2 unspecified atom stereocenters. The van der Waals surface area contributed by atoms with E-state index in [2.05, 4.69) is 16.4 Å². The lowest BCUT2D eigenvalue weighted by atomic mass is 9.97. The molecule has 0 aromatic carbocycles. The summed E-state index contributed by atoms with van der Waals surface area (Å²) in [7, 11) is 0. The molecule has 2 rings (SSSR count). The average molecular weight is 234 g/mol. The third-order valence-corrected chi connectivity index (χ3v) is 3.51. The van der Waals surface area contributed by atoms with Crippen molar-refractivity contribution in [3.8, 4) is 0 Å². The van der Waals surface area contributed by atoms with E-state index in [0.29, 0.717) is 24.3 Å². The summed E-state index contributed by atoms with van der Waals surface area (Å²) in [6.45, 7) is 1.62. The molecule has 4 heteroatoms. The summed E-state index contributed by atoms with van der Waals surface area (Å²) in [5.74, 6) is 1.29. The number of nitrogens with zero attached hydrogens (tertiary/aromatic N) is 1. The smallest absolute Gasteiger partial charge is 0.123 e. The summed E-state index contributed by atoms with van der Waals surface area (Å²) in [5, 5.41) is 3.53. The van der Waals surface area contributed by atoms with Crippen LogP contribution < -0.4 is 16.8 Å². The number of rotatable bonds is 5. The number of hydrogen-bond acceptors (Lipinski definition) is 4. The summed E-state index contributed by atoms with van der Waals surface area (Å²) < 4.78 is 0. The molecule has 1 fully saturated rings. The third kappa shape index (κ3) is 3.41. The van der Waals surface area contributed by atoms with E-state index in [-0.39, 0.29) is 0 Å². The van der Waals surface area contributed by atoms with Crippen LogP contribution >= 0.6 is 0 Å². The molecule has 0 saturated heterocycles. The van der Waals surface area contributed by atoms with Crippen LogP contribution in [0.5, 0.6) is 0 Å². The molecule has 1 heterocycles. The normalized spacial score (nSPS) is 24.1. The molecule has 2 atom stereocenters. The van der Waals surface area contributed by atoms with Gasteiger partial charge in [0.05, 0.1) is 0 Å². The minimum absolute atomic E-state index is 0.599. The molecule has 94 valence electrons. The summed E-state index contributed by atoms with van der Waals surface area (Å²) in [6, 6.07) is 6.48. The predicted molar refractivity (Wildman–Crippen MR) is 70.5 cm³/mol. The first kappa shape index (κ1) is 12.3. The highest BCUT2D eigenvalue weighted by Crippen LogP contribution is 2.28. The van der Waals surface area contributed by atoms with Gasteiger partial charge in [0.2, 0.25) is 0 Å². The number of nitrogens with one attached hydrogen (secondary N) is 1. The molecular formula is C13H22N4. The summed E-state index contributed by atoms with van der Waals surface area (Å²) >= 11 is 0. The van der Waals surface area contributed by atoms with Gasteiger partial charge in [0.15, 0.2) is 0 Å². The second-order valence-electron chi connectivity index (χ2n) is 4.80. The summed E-state index contributed by atoms with van der Waals surface area (Å²) in [5.41, 5.74) is 12.3. The van der Waals surface area contributed by atoms with Crippen molar-refractivity contribution in [2.75, 3.05) is 18.8 Å². The van der Waals surface area contributed by atoms with Gasteiger partial charge in [-0.05, 0) is 37.3 Å². The molecule has 4 nitrogen and oxygen atoms in total. The fraction of sp³-hybridized carbons (Fsp3) is 0.615. The third-order valence-electron chi connectivity index (χ3n) is 3.51. The van der Waals surface area contributed by atoms with E-state index in [1.807, 2.05) is 12.1 Å². The Morgan fingerprint density at radius 1 is 1.35 bits per heavy atom. The van der Waals surface area contributed by atoms with Gasteiger partial charge in [0.25, 0.3) is 0 Å². The highest BCUT2D eigenvalue weighted by molar-refractivity contribution is 5.29. The van der Waals surface area contributed by atoms with Gasteiger partial charge in [0.1, 0.15) is 5.82 Å². The Bertz CT molecular complexity index is 353. The second kappa shape index (κ2) is 5.98. The molecule has 1 aliphatic rings. The molecule has 17 heavy (non-hydrogen) atoms. The second-order valence-corrected chi connectivity index (χ2v) is 4.80. The Labute approximate surface area is 103 Å². The van der Waals surface area contributed by atoms with E-state index in [0.717, 1.165) is 18.7 Å². The van der Waals surface area contributed by atoms with Crippen molar-refractivity contribution >= 4 is 5.82 Å². The predicted octanol–water partition coefficient (Wildman–Crippen LogP) is 0.923. The van der Waals surface area contributed by atoms with E-state index in [4.69, 9.17) is 11.5 Å². The van der Waals surface area contributed by atoms with Gasteiger partial charge in [-0.2, -0.15) is 0 Å². The van der Waals surface area contributed by atoms with E-state index in [1.165, 1.54) is 19.3 Å². The van der Waals surface area contributed by atoms with Crippen LogP contribution in [0.2, 0.25) is 0 Å². The molecule has 0 aliphatic heterocycles. The molecule has 0 bridgehead atoms. The lowest BCUT2D eigenvalue weighted by Gasteiger charge is -2.20. The number of anilines is 1. The van der Waals surface area contributed by atoms with Crippen LogP contribution in [0.3, 0.4) is 0 Å². The molecule has 1 aromatic heterocycles. The van der Waals surface area contributed by atoms with Crippen LogP contribution in [0.15, 0.2) is 18.2 Å². The Kier molecular flexibility index (Phi) is 4.34. The van der Waals surface area contributed by atoms with Crippen molar-refractivity contribution in [3.05, 3.63) is 23.9 Å². The first-order chi connectivity index (χ1) is 8.29. The molecule has 0 amide bonds. The Morgan fingerprint density at radius 2 is 2.24 bits per heavy atom. The Morgan fingerprint density at radius 3 is 3.00 bits per heavy atom. The van der Waals surface area contributed by atoms with E-state index in [1.54, 1.807) is 0 Å². The number of nitrogen functional groups attached to an aromatic ring is 1. The van der Waals surface area contributed by atoms with Crippen LogP contribution in [-0.2, 0) is 6.42 Å². The molecule has 1 aromatic rings. The lowest BCUT2D eigenvalue weighted by molar-refractivity contribution is 0.400. The molecule has 1 aliphatic carbocycles. The quantitative estimate of drug-likeness (QED) is 0.708. The van der Waals surface area contributed by atoms with Crippen LogP contribution in [0, 0.1) is 5.92 Å². The lowest BCUT2D eigenvalue weighted by Crippen LogP contribution is -2.36. The molecule has 5 N–H and O–H groups in total. The largest absolute Gasteiger partial charge is 0.384 e. The standard InChI is InChI=1S/C13H22N4/c14-7-8-16-12-5-1-3-10(12)9-11-4-2-6-13(15)17-11/h2,4,6,10,12,16H,1,3,5,7-9,14H2,(H2,15,17). The van der Waals surface area contributed by atoms with Gasteiger partial charge in [-0.25, -0.2) is 4.98 Å². The minimum atomic E-state index is 0.599. The fourth-order valence-electron chi connectivity index (χ4n) is 2.70. The van der Waals surface area contributed by atoms with Crippen LogP contribution in [-0.4, -0.2) is 24.1 Å². The van der Waals surface area contributed by atoms with Crippen molar-refractivity contribution in [2.24, 2.45) is 11.7 Å². The zero-order valence-electron chi connectivity index (χ0n) is 10.2. The molecule has 0 spiro atoms. The zero-order valence-corrected chi connectivity index (χ0v) is 10.2. The van der Waals surface area contributed by atoms with Gasteiger partial charge >= 0.3 is 0 Å². The zero-order chi connectivity index (χ0) is 12.1. The van der Waals surface area contributed by atoms with E-state index >= 15 is 0 Å². The van der Waals surface area contributed by atoms with Gasteiger partial charge in [0, 0.05) is 24.8 Å². The van der Waals surface area contributed by atoms with Crippen molar-refractivity contribution in [2.45, 2.75) is 31.7 Å². The maximum absolute atomic E-state index is 5.70. The van der Waals surface area contributed by atoms with Gasteiger partial charge < -0.3 is 16.8 Å². The van der Waals surface area contributed by atoms with Crippen LogP contribution in [0.4, 0.5) is 5.82 Å². The Hall–Kier alpha value is -1.13. The van der Waals surface area contributed by atoms with Crippen LogP contribution in [0.1, 0.15) is 25.0 Å². The first-order valence-electron chi connectivity index (χ1n) is 6.44. The number of pyridine rings is 1. The molecule has 0 radical (unpaired) electrons. The van der Waals surface area contributed by atoms with E-state index in [9.17, 15) is 0 Å². The average Bonchev–Trinajstić information content (AvgIpc) is 2.74. The van der Waals surface area contributed by atoms with Crippen molar-refractivity contribution in [1.29, 1.82) is 0 Å². The van der Waals surface area contributed by atoms with Crippen molar-refractivity contribution < 1.29 is 0 Å². The van der Waals surface area contributed by atoms with Crippen LogP contribution in [0.25, 0.3) is 0 Å². The Balaban J connectivity index is 1.93. The van der Waals surface area contributed by atoms with Crippen molar-refractivity contribution in [3.63, 3.8) is 0 Å². The number of hydrogen-bond donors (Lipinski definition) is 3. The topological polar surface area (TPSA) is 77.0 Å². The summed E-state index contributed by atoms with van der Waals surface area (Å²) in [6.07, 6.45) is 4.86. The molecule has 1 saturated carbocycles. The first-order valence-corrected chi connectivity index (χ1v) is 6.44. The summed E-state index contributed by atoms with van der Waals surface area (Å²) in [4.78, 5) is 4.38. The van der Waals surface area contributed by atoms with Gasteiger partial charge in [-0.1, -0.05) is 12.5 Å². The van der Waals surface area contributed by atoms with E-state index < -0.39 is 0 Å². The molecular weight excluding hydrogens is 212 g/mol. The van der Waals surface area contributed by atoms with Gasteiger partial charge in [-0.3, -0.25) is 0 Å².